The van der Waals surface area contributed by atoms with Crippen LogP contribution in [-0.2, 0) is 6.42 Å². The van der Waals surface area contributed by atoms with Crippen LogP contribution in [0, 0.1) is 0 Å². The molecular formula is C23H36N2O2S. The number of hydrogen-bond donors (Lipinski definition) is 1. The minimum absolute atomic E-state index is 0.0997. The maximum absolute atomic E-state index is 11.1. The van der Waals surface area contributed by atoms with Gasteiger partial charge in [-0.3, -0.25) is 9.78 Å². The van der Waals surface area contributed by atoms with Crippen molar-refractivity contribution in [1.82, 2.24) is 9.36 Å². The summed E-state index contributed by atoms with van der Waals surface area (Å²) in [6.45, 7) is 3.06. The van der Waals surface area contributed by atoms with E-state index in [0.29, 0.717) is 6.42 Å². The fourth-order valence-electron chi connectivity index (χ4n) is 3.37. The van der Waals surface area contributed by atoms with Crippen molar-refractivity contribution in [3.63, 3.8) is 0 Å². The van der Waals surface area contributed by atoms with Crippen molar-refractivity contribution in [3.8, 4) is 5.75 Å². The van der Waals surface area contributed by atoms with Crippen molar-refractivity contribution in [3.05, 3.63) is 45.3 Å². The second-order valence-corrected chi connectivity index (χ2v) is 8.34. The van der Waals surface area contributed by atoms with Gasteiger partial charge in [-0.2, -0.15) is 4.37 Å². The van der Waals surface area contributed by atoms with E-state index in [-0.39, 0.29) is 4.87 Å². The molecule has 5 heteroatoms. The molecule has 156 valence electrons. The topological polar surface area (TPSA) is 55.0 Å². The largest absolute Gasteiger partial charge is 0.494 e. The fourth-order valence-corrected chi connectivity index (χ4v) is 3.83. The van der Waals surface area contributed by atoms with Gasteiger partial charge in [0, 0.05) is 18.0 Å². The number of rotatable bonds is 16. The van der Waals surface area contributed by atoms with Gasteiger partial charge in [0.15, 0.2) is 0 Å². The lowest BCUT2D eigenvalue weighted by Gasteiger charge is -2.07. The van der Waals surface area contributed by atoms with Crippen molar-refractivity contribution in [1.29, 1.82) is 0 Å². The summed E-state index contributed by atoms with van der Waals surface area (Å²) in [6, 6.07) is 8.07. The number of hydrogen-bond acceptors (Lipinski definition) is 4. The third kappa shape index (κ3) is 10.1. The van der Waals surface area contributed by atoms with E-state index in [2.05, 4.69) is 16.3 Å². The first-order valence-corrected chi connectivity index (χ1v) is 11.8. The van der Waals surface area contributed by atoms with E-state index >= 15 is 0 Å². The Morgan fingerprint density at radius 2 is 1.43 bits per heavy atom. The smallest absolute Gasteiger partial charge is 0.323 e. The van der Waals surface area contributed by atoms with Crippen LogP contribution in [-0.4, -0.2) is 16.0 Å². The Hall–Kier alpha value is -1.62. The Morgan fingerprint density at radius 3 is 1.96 bits per heavy atom. The van der Waals surface area contributed by atoms with Crippen LogP contribution in [0.3, 0.4) is 0 Å². The normalized spacial score (nSPS) is 11.0. The predicted molar refractivity (Wildman–Crippen MR) is 119 cm³/mol. The van der Waals surface area contributed by atoms with Crippen molar-refractivity contribution < 1.29 is 4.74 Å². The molecule has 2 aromatic rings. The number of nitrogens with one attached hydrogen (secondary N) is 1. The second kappa shape index (κ2) is 14.4. The minimum Gasteiger partial charge on any atom is -0.494 e. The number of unbranched alkanes of at least 4 members (excludes halogenated alkanes) is 11. The standard InChI is InChI=1S/C23H36N2O2S/c1-2-3-4-5-6-7-8-9-10-11-12-13-18-27-21-16-14-20(15-17-21)19-22-24-23(26)28-25-22/h14-17H,2-13,18-19H2,1H3,(H,24,25,26). The van der Waals surface area contributed by atoms with Gasteiger partial charge in [-0.15, -0.1) is 0 Å². The second-order valence-electron chi connectivity index (χ2n) is 7.60. The maximum atomic E-state index is 11.1. The zero-order chi connectivity index (χ0) is 19.9. The molecule has 0 saturated heterocycles. The van der Waals surface area contributed by atoms with Gasteiger partial charge in [-0.05, 0) is 24.1 Å². The van der Waals surface area contributed by atoms with Crippen LogP contribution in [0.15, 0.2) is 29.1 Å². The van der Waals surface area contributed by atoms with Gasteiger partial charge in [-0.1, -0.05) is 89.7 Å². The predicted octanol–water partition coefficient (Wildman–Crippen LogP) is 6.50. The van der Waals surface area contributed by atoms with E-state index in [0.717, 1.165) is 41.7 Å². The summed E-state index contributed by atoms with van der Waals surface area (Å²) in [5.74, 6) is 1.64. The molecule has 1 heterocycles. The average molecular weight is 405 g/mol. The van der Waals surface area contributed by atoms with Crippen molar-refractivity contribution in [2.45, 2.75) is 90.4 Å². The van der Waals surface area contributed by atoms with Crippen LogP contribution < -0.4 is 9.61 Å². The highest BCUT2D eigenvalue weighted by Gasteiger charge is 2.02. The molecular weight excluding hydrogens is 368 g/mol. The Balaban J connectivity index is 1.44. The molecule has 0 aliphatic heterocycles. The fraction of sp³-hybridized carbons (Fsp3) is 0.652. The molecule has 0 atom stereocenters. The molecule has 1 aromatic heterocycles. The lowest BCUT2D eigenvalue weighted by molar-refractivity contribution is 0.304. The summed E-state index contributed by atoms with van der Waals surface area (Å²) in [5, 5.41) is 0. The first kappa shape index (κ1) is 22.7. The molecule has 0 radical (unpaired) electrons. The van der Waals surface area contributed by atoms with E-state index < -0.39 is 0 Å². The Morgan fingerprint density at radius 1 is 0.857 bits per heavy atom. The van der Waals surface area contributed by atoms with E-state index in [4.69, 9.17) is 4.74 Å². The molecule has 0 bridgehead atoms. The molecule has 28 heavy (non-hydrogen) atoms. The van der Waals surface area contributed by atoms with E-state index in [1.54, 1.807) is 0 Å². The molecule has 0 fully saturated rings. The third-order valence-electron chi connectivity index (χ3n) is 5.05. The van der Waals surface area contributed by atoms with Crippen molar-refractivity contribution >= 4 is 11.5 Å². The van der Waals surface area contributed by atoms with Crippen molar-refractivity contribution in [2.75, 3.05) is 6.61 Å². The zero-order valence-electron chi connectivity index (χ0n) is 17.4. The molecule has 1 N–H and O–H groups in total. The molecule has 0 unspecified atom stereocenters. The first-order chi connectivity index (χ1) is 13.8. The molecule has 2 rings (SSSR count). The molecule has 4 nitrogen and oxygen atoms in total. The number of ether oxygens (including phenoxy) is 1. The minimum atomic E-state index is -0.0997. The summed E-state index contributed by atoms with van der Waals surface area (Å²) in [6.07, 6.45) is 16.9. The number of aromatic amines is 1. The molecule has 0 saturated carbocycles. The van der Waals surface area contributed by atoms with Crippen LogP contribution in [0.5, 0.6) is 5.75 Å². The first-order valence-electron chi connectivity index (χ1n) is 11.0. The van der Waals surface area contributed by atoms with Gasteiger partial charge < -0.3 is 4.74 Å². The Labute approximate surface area is 173 Å². The van der Waals surface area contributed by atoms with Gasteiger partial charge in [0.2, 0.25) is 0 Å². The van der Waals surface area contributed by atoms with Gasteiger partial charge in [0.25, 0.3) is 0 Å². The number of aromatic nitrogens is 2. The van der Waals surface area contributed by atoms with E-state index in [1.807, 2.05) is 24.3 Å². The summed E-state index contributed by atoms with van der Waals surface area (Å²) < 4.78 is 9.93. The Bertz CT molecular complexity index is 678. The molecule has 0 amide bonds. The highest BCUT2D eigenvalue weighted by Crippen LogP contribution is 2.15. The van der Waals surface area contributed by atoms with Crippen LogP contribution in [0.2, 0.25) is 0 Å². The molecule has 0 aliphatic carbocycles. The maximum Gasteiger partial charge on any atom is 0.323 e. The highest BCUT2D eigenvalue weighted by molar-refractivity contribution is 7.02. The summed E-state index contributed by atoms with van der Waals surface area (Å²) in [4.78, 5) is 13.8. The zero-order valence-corrected chi connectivity index (χ0v) is 18.2. The van der Waals surface area contributed by atoms with Gasteiger partial charge in [0.1, 0.15) is 11.6 Å². The van der Waals surface area contributed by atoms with Crippen LogP contribution in [0.25, 0.3) is 0 Å². The lowest BCUT2D eigenvalue weighted by Crippen LogP contribution is -1.99. The summed E-state index contributed by atoms with van der Waals surface area (Å²) >= 11 is 0.967. The van der Waals surface area contributed by atoms with Crippen LogP contribution in [0.4, 0.5) is 0 Å². The number of H-pyrrole nitrogens is 1. The van der Waals surface area contributed by atoms with Crippen LogP contribution in [0.1, 0.15) is 95.4 Å². The average Bonchev–Trinajstić information content (AvgIpc) is 3.11. The molecule has 0 spiro atoms. The summed E-state index contributed by atoms with van der Waals surface area (Å²) in [7, 11) is 0. The van der Waals surface area contributed by atoms with Gasteiger partial charge >= 0.3 is 4.87 Å². The van der Waals surface area contributed by atoms with Crippen LogP contribution >= 0.6 is 11.5 Å². The highest BCUT2D eigenvalue weighted by atomic mass is 32.1. The van der Waals surface area contributed by atoms with Crippen molar-refractivity contribution in [2.24, 2.45) is 0 Å². The number of nitrogens with zero attached hydrogens (tertiary/aromatic N) is 1. The monoisotopic (exact) mass is 404 g/mol. The molecule has 0 aliphatic rings. The lowest BCUT2D eigenvalue weighted by atomic mass is 10.1. The molecule has 1 aromatic carbocycles. The van der Waals surface area contributed by atoms with E-state index in [1.165, 1.54) is 70.6 Å². The Kier molecular flexibility index (Phi) is 11.6. The SMILES string of the molecule is CCCCCCCCCCCCCCOc1ccc(Cc2nsc(=O)[nH]2)cc1. The van der Waals surface area contributed by atoms with Gasteiger partial charge in [-0.25, -0.2) is 0 Å². The summed E-state index contributed by atoms with van der Waals surface area (Å²) in [5.41, 5.74) is 1.12. The van der Waals surface area contributed by atoms with E-state index in [9.17, 15) is 4.79 Å². The quantitative estimate of drug-likeness (QED) is 0.325. The van der Waals surface area contributed by atoms with Gasteiger partial charge in [0.05, 0.1) is 6.61 Å². The number of benzene rings is 1. The third-order valence-corrected chi connectivity index (χ3v) is 5.63.